The Morgan fingerprint density at radius 1 is 1.04 bits per heavy atom. The molecule has 0 radical (unpaired) electrons. The van der Waals surface area contributed by atoms with Crippen molar-refractivity contribution in [1.82, 2.24) is 0 Å². The largest absolute Gasteiger partial charge is 1.00 e. The first-order chi connectivity index (χ1) is 12.6. The number of hydrogen-bond acceptors (Lipinski definition) is 0. The second-order valence-electron chi connectivity index (χ2n) is 6.81. The van der Waals surface area contributed by atoms with E-state index < -0.39 is 0 Å². The molecule has 2 aliphatic rings. The first-order valence-corrected chi connectivity index (χ1v) is 14.3. The molecule has 4 rings (SSSR count). The van der Waals surface area contributed by atoms with Crippen LogP contribution >= 0.6 is 0 Å². The summed E-state index contributed by atoms with van der Waals surface area (Å²) in [6.07, 6.45) is 13.7. The maximum absolute atomic E-state index is 3.30. The number of unbranched alkanes of at least 4 members (excludes halogenated alkanes) is 1. The van der Waals surface area contributed by atoms with Gasteiger partial charge in [-0.15, -0.1) is 12.0 Å². The second-order valence-corrected chi connectivity index (χ2v) is 13.5. The predicted octanol–water partition coefficient (Wildman–Crippen LogP) is 0.716. The summed E-state index contributed by atoms with van der Waals surface area (Å²) in [4.78, 5) is 0. The Morgan fingerprint density at radius 3 is 2.36 bits per heavy atom. The number of allylic oxidation sites excluding steroid dienone is 4. The minimum Gasteiger partial charge on any atom is -1.00 e. The van der Waals surface area contributed by atoms with Crippen molar-refractivity contribution in [1.29, 1.82) is 0 Å². The van der Waals surface area contributed by atoms with E-state index in [2.05, 4.69) is 99.9 Å². The molecule has 0 saturated carbocycles. The standard InChI is InChI=1S/C13H9.C9H13.C2H6Si.2ClH.Ti/c1-3-7-12-10(5-1)9-11-6-2-4-8-13(11)12;1-2-3-6-9-7-4-5-8-9;1-3-2;;;/h1-5,7-8H,9H2;4,7H,2-3,5-6H2,1H3;1-2H3;2*1H;/q2*-1;;;;+2/p-2. The maximum atomic E-state index is 3.30. The molecular weight excluding hydrogens is 435 g/mol. The third kappa shape index (κ3) is 9.29. The van der Waals surface area contributed by atoms with Gasteiger partial charge in [-0.25, -0.2) is 11.6 Å². The van der Waals surface area contributed by atoms with Crippen molar-refractivity contribution in [3.8, 4) is 11.1 Å². The Balaban J connectivity index is 0.000000432. The molecule has 0 bridgehead atoms. The van der Waals surface area contributed by atoms with Gasteiger partial charge in [0.25, 0.3) is 0 Å². The number of halogens is 2. The van der Waals surface area contributed by atoms with Gasteiger partial charge in [-0.05, 0) is 6.42 Å². The molecule has 0 heterocycles. The van der Waals surface area contributed by atoms with Gasteiger partial charge >= 0.3 is 38.5 Å². The van der Waals surface area contributed by atoms with Crippen LogP contribution in [0, 0.1) is 12.1 Å². The summed E-state index contributed by atoms with van der Waals surface area (Å²) in [6, 6.07) is 18.1. The molecular formula is C24H28Cl2SiTi-2. The fraction of sp³-hybridized carbons (Fsp3) is 0.333. The first-order valence-electron chi connectivity index (χ1n) is 9.47. The van der Waals surface area contributed by atoms with Crippen molar-refractivity contribution >= 4 is 6.19 Å². The minimum absolute atomic E-state index is 0. The van der Waals surface area contributed by atoms with Gasteiger partial charge in [-0.2, -0.15) is 35.9 Å². The van der Waals surface area contributed by atoms with Gasteiger partial charge in [-0.1, -0.05) is 61.6 Å². The third-order valence-corrected chi connectivity index (χ3v) is 4.18. The van der Waals surface area contributed by atoms with E-state index in [0.29, 0.717) is 0 Å². The van der Waals surface area contributed by atoms with Crippen LogP contribution in [0.4, 0.5) is 0 Å². The predicted molar refractivity (Wildman–Crippen MR) is 111 cm³/mol. The first kappa shape index (κ1) is 27.4. The van der Waals surface area contributed by atoms with Crippen molar-refractivity contribution in [2.45, 2.75) is 52.1 Å². The van der Waals surface area contributed by atoms with E-state index in [0.717, 1.165) is 12.8 Å². The summed E-state index contributed by atoms with van der Waals surface area (Å²) < 4.78 is 0. The molecule has 0 unspecified atom stereocenters. The molecule has 2 aromatic carbocycles. The zero-order chi connectivity index (χ0) is 18.8. The van der Waals surface area contributed by atoms with Gasteiger partial charge < -0.3 is 24.8 Å². The topological polar surface area (TPSA) is 0 Å². The summed E-state index contributed by atoms with van der Waals surface area (Å²) in [5.74, 6) is 0. The van der Waals surface area contributed by atoms with Crippen LogP contribution in [0.1, 0.15) is 43.7 Å². The molecule has 2 aliphatic carbocycles. The summed E-state index contributed by atoms with van der Waals surface area (Å²) in [5, 5.41) is 0. The van der Waals surface area contributed by atoms with Gasteiger partial charge in [-0.3, -0.25) is 6.08 Å². The monoisotopic (exact) mass is 462 g/mol. The Morgan fingerprint density at radius 2 is 1.71 bits per heavy atom. The summed E-state index contributed by atoms with van der Waals surface area (Å²) in [6.45, 7) is 6.76. The van der Waals surface area contributed by atoms with E-state index in [9.17, 15) is 0 Å². The number of fused-ring (bicyclic) bond motifs is 3. The van der Waals surface area contributed by atoms with E-state index in [1.54, 1.807) is 0 Å². The van der Waals surface area contributed by atoms with Gasteiger partial charge in [0.05, 0.1) is 0 Å². The number of rotatable bonds is 3. The summed E-state index contributed by atoms with van der Waals surface area (Å²) >= 11 is 2.27. The van der Waals surface area contributed by atoms with E-state index in [1.165, 1.54) is 47.1 Å². The molecule has 0 fully saturated rings. The van der Waals surface area contributed by atoms with Gasteiger partial charge in [0, 0.05) is 0 Å². The molecule has 148 valence electrons. The SMILES string of the molecule is CCCCC1=[C-]CC=C1.C[Si](C)=[Ti+2].[Cl-].[Cl-].[c-]1cccc2c1Cc1ccccc1-2. The molecule has 0 aromatic heterocycles. The Labute approximate surface area is 195 Å². The van der Waals surface area contributed by atoms with Crippen LogP contribution in [0.25, 0.3) is 11.1 Å². The van der Waals surface area contributed by atoms with Gasteiger partial charge in [0.1, 0.15) is 0 Å². The van der Waals surface area contributed by atoms with Crippen LogP contribution in [0.3, 0.4) is 0 Å². The van der Waals surface area contributed by atoms with Crippen molar-refractivity contribution in [3.63, 3.8) is 0 Å². The second kappa shape index (κ2) is 15.3. The van der Waals surface area contributed by atoms with E-state index in [4.69, 9.17) is 0 Å². The van der Waals surface area contributed by atoms with Crippen molar-refractivity contribution < 1.29 is 44.0 Å². The van der Waals surface area contributed by atoms with Gasteiger partial charge in [0.15, 0.2) is 0 Å². The van der Waals surface area contributed by atoms with Crippen LogP contribution in [0.2, 0.25) is 13.1 Å². The van der Waals surface area contributed by atoms with Crippen LogP contribution in [0.5, 0.6) is 0 Å². The average Bonchev–Trinajstić information content (AvgIpc) is 3.27. The number of hydrogen-bond donors (Lipinski definition) is 0. The van der Waals surface area contributed by atoms with Crippen molar-refractivity contribution in [3.05, 3.63) is 83.5 Å². The minimum atomic E-state index is 0. The van der Waals surface area contributed by atoms with Crippen LogP contribution < -0.4 is 24.8 Å². The van der Waals surface area contributed by atoms with Crippen LogP contribution in [0.15, 0.2) is 60.2 Å². The Bertz CT molecular complexity index is 749. The van der Waals surface area contributed by atoms with Gasteiger partial charge in [0.2, 0.25) is 0 Å². The molecule has 0 amide bonds. The Kier molecular flexibility index (Phi) is 15.0. The molecule has 0 spiro atoms. The molecule has 0 aliphatic heterocycles. The van der Waals surface area contributed by atoms with E-state index in [1.807, 2.05) is 6.07 Å². The molecule has 0 nitrogen and oxygen atoms in total. The Hall–Kier alpha value is -0.569. The van der Waals surface area contributed by atoms with Crippen molar-refractivity contribution in [2.75, 3.05) is 0 Å². The fourth-order valence-electron chi connectivity index (χ4n) is 2.99. The summed E-state index contributed by atoms with van der Waals surface area (Å²) in [7, 11) is 0. The van der Waals surface area contributed by atoms with Crippen LogP contribution in [-0.2, 0) is 25.6 Å². The zero-order valence-electron chi connectivity index (χ0n) is 17.0. The molecule has 2 aromatic rings. The molecule has 0 N–H and O–H groups in total. The third-order valence-electron chi connectivity index (χ3n) is 4.18. The van der Waals surface area contributed by atoms with Crippen molar-refractivity contribution in [2.24, 2.45) is 0 Å². The normalized spacial score (nSPS) is 12.0. The number of benzene rings is 2. The molecule has 4 heteroatoms. The zero-order valence-corrected chi connectivity index (χ0v) is 21.1. The maximum Gasteiger partial charge on any atom is -0.0253 e. The van der Waals surface area contributed by atoms with Crippen LogP contribution in [-0.4, -0.2) is 6.19 Å². The van der Waals surface area contributed by atoms with E-state index >= 15 is 0 Å². The average molecular weight is 463 g/mol. The smallest absolute Gasteiger partial charge is 0.0253 e. The molecule has 0 atom stereocenters. The molecule has 28 heavy (non-hydrogen) atoms. The fourth-order valence-corrected chi connectivity index (χ4v) is 2.99. The van der Waals surface area contributed by atoms with E-state index in [-0.39, 0.29) is 31.0 Å². The quantitative estimate of drug-likeness (QED) is 0.397. The summed E-state index contributed by atoms with van der Waals surface area (Å²) in [5.41, 5.74) is 6.92. The molecule has 0 saturated heterocycles.